The molecule has 6 nitrogen and oxygen atoms in total. The molecule has 0 aliphatic rings. The summed E-state index contributed by atoms with van der Waals surface area (Å²) in [6, 6.07) is 13.9. The molecule has 0 spiro atoms. The lowest BCUT2D eigenvalue weighted by molar-refractivity contribution is 0.0693. The molecule has 0 aromatic heterocycles. The standard InChI is InChI=1S/C17H17NO5/c19-16-12-14(6-7-15(16)17(20)21)22-10-11-23-18-9-8-13-4-2-1-3-5-13/h1-7,9,12,19H,8,10-11H2,(H,20,21). The van der Waals surface area contributed by atoms with Crippen LogP contribution in [0.1, 0.15) is 15.9 Å². The van der Waals surface area contributed by atoms with Crippen LogP contribution < -0.4 is 4.74 Å². The molecule has 0 atom stereocenters. The fraction of sp³-hybridized carbons (Fsp3) is 0.176. The van der Waals surface area contributed by atoms with Crippen molar-refractivity contribution in [2.45, 2.75) is 6.42 Å². The second-order valence-corrected chi connectivity index (χ2v) is 4.64. The summed E-state index contributed by atoms with van der Waals surface area (Å²) in [7, 11) is 0. The SMILES string of the molecule is O=C(O)c1ccc(OCCON=CCc2ccccc2)cc1O. The highest BCUT2D eigenvalue weighted by Gasteiger charge is 2.09. The van der Waals surface area contributed by atoms with Gasteiger partial charge in [-0.2, -0.15) is 0 Å². The van der Waals surface area contributed by atoms with Gasteiger partial charge in [0.15, 0.2) is 6.61 Å². The summed E-state index contributed by atoms with van der Waals surface area (Å²) in [4.78, 5) is 15.8. The fourth-order valence-electron chi connectivity index (χ4n) is 1.84. The third-order valence-corrected chi connectivity index (χ3v) is 2.96. The summed E-state index contributed by atoms with van der Waals surface area (Å²) < 4.78 is 5.33. The molecule has 0 unspecified atom stereocenters. The van der Waals surface area contributed by atoms with Crippen LogP contribution in [0, 0.1) is 0 Å². The molecule has 0 fully saturated rings. The van der Waals surface area contributed by atoms with Gasteiger partial charge in [-0.15, -0.1) is 0 Å². The van der Waals surface area contributed by atoms with Gasteiger partial charge in [-0.25, -0.2) is 4.79 Å². The number of carbonyl (C=O) groups is 1. The Morgan fingerprint density at radius 2 is 1.91 bits per heavy atom. The number of carboxylic acid groups (broad SMARTS) is 1. The van der Waals surface area contributed by atoms with Crippen LogP contribution in [-0.4, -0.2) is 35.6 Å². The summed E-state index contributed by atoms with van der Waals surface area (Å²) in [5.74, 6) is -1.16. The number of carboxylic acids is 1. The van der Waals surface area contributed by atoms with E-state index in [1.54, 1.807) is 6.21 Å². The smallest absolute Gasteiger partial charge is 0.339 e. The van der Waals surface area contributed by atoms with Gasteiger partial charge in [0.05, 0.1) is 0 Å². The van der Waals surface area contributed by atoms with Crippen molar-refractivity contribution in [1.29, 1.82) is 0 Å². The second-order valence-electron chi connectivity index (χ2n) is 4.64. The first-order valence-electron chi connectivity index (χ1n) is 7.03. The molecule has 23 heavy (non-hydrogen) atoms. The number of hydrogen-bond acceptors (Lipinski definition) is 5. The van der Waals surface area contributed by atoms with Crippen molar-refractivity contribution in [3.8, 4) is 11.5 Å². The van der Waals surface area contributed by atoms with Crippen molar-refractivity contribution in [1.82, 2.24) is 0 Å². The number of aromatic hydroxyl groups is 1. The minimum absolute atomic E-state index is 0.167. The Labute approximate surface area is 133 Å². The van der Waals surface area contributed by atoms with Crippen LogP contribution in [0.4, 0.5) is 0 Å². The molecule has 6 heteroatoms. The Hall–Kier alpha value is -3.02. The Kier molecular flexibility index (Phi) is 5.99. The highest BCUT2D eigenvalue weighted by Crippen LogP contribution is 2.23. The van der Waals surface area contributed by atoms with E-state index in [0.717, 1.165) is 5.56 Å². The fourth-order valence-corrected chi connectivity index (χ4v) is 1.84. The van der Waals surface area contributed by atoms with E-state index in [2.05, 4.69) is 5.16 Å². The van der Waals surface area contributed by atoms with Gasteiger partial charge in [0.1, 0.15) is 23.7 Å². The van der Waals surface area contributed by atoms with Crippen molar-refractivity contribution in [3.63, 3.8) is 0 Å². The number of phenols is 1. The molecule has 0 radical (unpaired) electrons. The second kappa shape index (κ2) is 8.43. The minimum atomic E-state index is -1.19. The summed E-state index contributed by atoms with van der Waals surface area (Å²) in [5, 5.41) is 22.1. The summed E-state index contributed by atoms with van der Waals surface area (Å²) in [6.07, 6.45) is 2.36. The zero-order chi connectivity index (χ0) is 16.5. The van der Waals surface area contributed by atoms with Crippen LogP contribution in [0.15, 0.2) is 53.7 Å². The van der Waals surface area contributed by atoms with Gasteiger partial charge in [-0.3, -0.25) is 0 Å². The number of benzene rings is 2. The van der Waals surface area contributed by atoms with Crippen LogP contribution in [0.3, 0.4) is 0 Å². The van der Waals surface area contributed by atoms with Gasteiger partial charge in [0.2, 0.25) is 0 Å². The first-order valence-corrected chi connectivity index (χ1v) is 7.03. The largest absolute Gasteiger partial charge is 0.507 e. The molecule has 0 bridgehead atoms. The van der Waals surface area contributed by atoms with E-state index in [1.807, 2.05) is 30.3 Å². The Morgan fingerprint density at radius 1 is 1.13 bits per heavy atom. The molecule has 0 saturated carbocycles. The van der Waals surface area contributed by atoms with E-state index in [9.17, 15) is 9.90 Å². The molecule has 2 aromatic rings. The lowest BCUT2D eigenvalue weighted by Gasteiger charge is -2.06. The summed E-state index contributed by atoms with van der Waals surface area (Å²) >= 11 is 0. The van der Waals surface area contributed by atoms with E-state index >= 15 is 0 Å². The van der Waals surface area contributed by atoms with E-state index in [0.29, 0.717) is 12.2 Å². The quantitative estimate of drug-likeness (QED) is 0.444. The lowest BCUT2D eigenvalue weighted by Crippen LogP contribution is -2.05. The third kappa shape index (κ3) is 5.35. The first-order chi connectivity index (χ1) is 11.2. The van der Waals surface area contributed by atoms with Crippen LogP contribution in [0.25, 0.3) is 0 Å². The predicted octanol–water partition coefficient (Wildman–Crippen LogP) is 2.71. The van der Waals surface area contributed by atoms with Gasteiger partial charge in [0.25, 0.3) is 0 Å². The van der Waals surface area contributed by atoms with Crippen LogP contribution in [0.5, 0.6) is 11.5 Å². The van der Waals surface area contributed by atoms with Gasteiger partial charge >= 0.3 is 5.97 Å². The van der Waals surface area contributed by atoms with Gasteiger partial charge in [0, 0.05) is 18.7 Å². The zero-order valence-corrected chi connectivity index (χ0v) is 12.4. The molecule has 2 rings (SSSR count). The van der Waals surface area contributed by atoms with Crippen molar-refractivity contribution < 1.29 is 24.6 Å². The first kappa shape index (κ1) is 16.4. The number of ether oxygens (including phenoxy) is 1. The van der Waals surface area contributed by atoms with Crippen LogP contribution in [0.2, 0.25) is 0 Å². The normalized spacial score (nSPS) is 10.6. The van der Waals surface area contributed by atoms with E-state index in [1.165, 1.54) is 18.2 Å². The maximum Gasteiger partial charge on any atom is 0.339 e. The third-order valence-electron chi connectivity index (χ3n) is 2.96. The molecule has 0 aliphatic heterocycles. The van der Waals surface area contributed by atoms with Crippen molar-refractivity contribution in [2.75, 3.05) is 13.2 Å². The maximum atomic E-state index is 10.8. The molecule has 2 aromatic carbocycles. The highest BCUT2D eigenvalue weighted by atomic mass is 16.6. The average molecular weight is 315 g/mol. The van der Waals surface area contributed by atoms with E-state index in [-0.39, 0.29) is 24.5 Å². The molecule has 0 heterocycles. The summed E-state index contributed by atoms with van der Waals surface area (Å²) in [5.41, 5.74) is 0.976. The zero-order valence-electron chi connectivity index (χ0n) is 12.4. The Morgan fingerprint density at radius 3 is 2.61 bits per heavy atom. The molecule has 2 N–H and O–H groups in total. The number of nitrogens with zero attached hydrogens (tertiary/aromatic N) is 1. The Balaban J connectivity index is 1.67. The van der Waals surface area contributed by atoms with E-state index < -0.39 is 5.97 Å². The molecular formula is C17H17NO5. The van der Waals surface area contributed by atoms with Crippen molar-refractivity contribution in [2.24, 2.45) is 5.16 Å². The van der Waals surface area contributed by atoms with Crippen molar-refractivity contribution in [3.05, 3.63) is 59.7 Å². The number of aromatic carboxylic acids is 1. The maximum absolute atomic E-state index is 10.8. The highest BCUT2D eigenvalue weighted by molar-refractivity contribution is 5.90. The number of oxime groups is 1. The van der Waals surface area contributed by atoms with Crippen LogP contribution in [-0.2, 0) is 11.3 Å². The van der Waals surface area contributed by atoms with Crippen LogP contribution >= 0.6 is 0 Å². The van der Waals surface area contributed by atoms with Crippen molar-refractivity contribution >= 4 is 12.2 Å². The molecule has 0 saturated heterocycles. The molecular weight excluding hydrogens is 298 g/mol. The number of rotatable bonds is 8. The molecule has 0 amide bonds. The van der Waals surface area contributed by atoms with Gasteiger partial charge in [-0.05, 0) is 17.7 Å². The van der Waals surface area contributed by atoms with E-state index in [4.69, 9.17) is 14.7 Å². The predicted molar refractivity (Wildman–Crippen MR) is 85.2 cm³/mol. The lowest BCUT2D eigenvalue weighted by atomic mass is 10.2. The molecule has 0 aliphatic carbocycles. The summed E-state index contributed by atoms with van der Waals surface area (Å²) in [6.45, 7) is 0.473. The molecule has 120 valence electrons. The monoisotopic (exact) mass is 315 g/mol. The minimum Gasteiger partial charge on any atom is -0.507 e. The van der Waals surface area contributed by atoms with Gasteiger partial charge in [-0.1, -0.05) is 35.5 Å². The average Bonchev–Trinajstić information content (AvgIpc) is 2.54. The topological polar surface area (TPSA) is 88.4 Å². The Bertz CT molecular complexity index is 670. The number of hydrogen-bond donors (Lipinski definition) is 2. The van der Waals surface area contributed by atoms with Gasteiger partial charge < -0.3 is 19.8 Å².